The Morgan fingerprint density at radius 3 is 2.64 bits per heavy atom. The van der Waals surface area contributed by atoms with Crippen LogP contribution in [0.5, 0.6) is 0 Å². The van der Waals surface area contributed by atoms with Gasteiger partial charge in [-0.05, 0) is 79.1 Å². The van der Waals surface area contributed by atoms with E-state index in [1.54, 1.807) is 0 Å². The predicted molar refractivity (Wildman–Crippen MR) is 84.2 cm³/mol. The number of allylic oxidation sites excluding steroid dienone is 2. The van der Waals surface area contributed by atoms with Crippen molar-refractivity contribution in [3.05, 3.63) is 11.3 Å². The van der Waals surface area contributed by atoms with Gasteiger partial charge in [0.1, 0.15) is 6.17 Å². The summed E-state index contributed by atoms with van der Waals surface area (Å²) in [7, 11) is 0. The quantitative estimate of drug-likeness (QED) is 0.690. The van der Waals surface area contributed by atoms with Crippen LogP contribution in [0.3, 0.4) is 0 Å². The topological polar surface area (TPSA) is 40.5 Å². The Hall–Kier alpha value is -0.570. The average molecular weight is 308 g/mol. The molecule has 4 aliphatic rings. The Morgan fingerprint density at radius 2 is 1.86 bits per heavy atom. The van der Waals surface area contributed by atoms with Crippen molar-refractivity contribution in [2.24, 2.45) is 28.6 Å². The highest BCUT2D eigenvalue weighted by Gasteiger charge is 2.61. The SMILES string of the molecule is C[C@]12CC[C@H]3[C@@H](CCC4=C(O)CCC[C@@]43C)[C@@H]1C[C@H](F)[C@H]2O. The van der Waals surface area contributed by atoms with Crippen molar-refractivity contribution in [1.82, 2.24) is 0 Å². The molecule has 3 heteroatoms. The molecule has 124 valence electrons. The molecular weight excluding hydrogens is 279 g/mol. The summed E-state index contributed by atoms with van der Waals surface area (Å²) in [5.41, 5.74) is 1.19. The second-order valence-corrected chi connectivity index (χ2v) is 8.85. The molecule has 0 heterocycles. The summed E-state index contributed by atoms with van der Waals surface area (Å²) in [6.45, 7) is 4.46. The standard InChI is InChI=1S/C19H29FO2/c1-18-8-3-4-16(21)13(18)6-5-11-12(18)7-9-19(2)14(11)10-15(20)17(19)22/h11-12,14-15,17,21-22H,3-10H2,1-2H3/t11-,12+,14+,15+,17-,18-,19+/m1/s1. The molecule has 0 spiro atoms. The van der Waals surface area contributed by atoms with E-state index in [0.717, 1.165) is 38.5 Å². The van der Waals surface area contributed by atoms with E-state index >= 15 is 0 Å². The third-order valence-corrected chi connectivity index (χ3v) is 8.07. The zero-order valence-electron chi connectivity index (χ0n) is 13.8. The Labute approximate surface area is 132 Å². The summed E-state index contributed by atoms with van der Waals surface area (Å²) >= 11 is 0. The minimum Gasteiger partial charge on any atom is -0.512 e. The summed E-state index contributed by atoms with van der Waals surface area (Å²) in [6, 6.07) is 0. The lowest BCUT2D eigenvalue weighted by atomic mass is 9.47. The first-order valence-corrected chi connectivity index (χ1v) is 9.11. The van der Waals surface area contributed by atoms with Crippen molar-refractivity contribution >= 4 is 0 Å². The molecule has 3 fully saturated rings. The molecule has 0 unspecified atom stereocenters. The molecule has 7 atom stereocenters. The van der Waals surface area contributed by atoms with Crippen LogP contribution in [0.4, 0.5) is 4.39 Å². The van der Waals surface area contributed by atoms with Gasteiger partial charge in [-0.2, -0.15) is 0 Å². The highest BCUT2D eigenvalue weighted by Crippen LogP contribution is 2.66. The van der Waals surface area contributed by atoms with Crippen molar-refractivity contribution in [2.45, 2.75) is 77.5 Å². The first-order chi connectivity index (χ1) is 10.4. The molecule has 0 aliphatic heterocycles. The maximum atomic E-state index is 14.2. The highest BCUT2D eigenvalue weighted by molar-refractivity contribution is 5.26. The van der Waals surface area contributed by atoms with E-state index in [4.69, 9.17) is 0 Å². The minimum atomic E-state index is -1.04. The van der Waals surface area contributed by atoms with E-state index in [-0.39, 0.29) is 10.8 Å². The number of aliphatic hydroxyl groups is 2. The highest BCUT2D eigenvalue weighted by atomic mass is 19.1. The molecule has 4 aliphatic carbocycles. The van der Waals surface area contributed by atoms with Crippen LogP contribution < -0.4 is 0 Å². The maximum absolute atomic E-state index is 14.2. The summed E-state index contributed by atoms with van der Waals surface area (Å²) in [4.78, 5) is 0. The van der Waals surface area contributed by atoms with Gasteiger partial charge in [-0.15, -0.1) is 0 Å². The molecule has 0 bridgehead atoms. The Balaban J connectivity index is 1.70. The summed E-state index contributed by atoms with van der Waals surface area (Å²) < 4.78 is 14.2. The lowest BCUT2D eigenvalue weighted by molar-refractivity contribution is -0.0803. The normalized spacial score (nSPS) is 54.6. The van der Waals surface area contributed by atoms with Gasteiger partial charge < -0.3 is 10.2 Å². The second kappa shape index (κ2) is 4.72. The molecule has 0 aromatic carbocycles. The van der Waals surface area contributed by atoms with Crippen molar-refractivity contribution in [3.63, 3.8) is 0 Å². The number of alkyl halides is 1. The Bertz CT molecular complexity index is 516. The summed E-state index contributed by atoms with van der Waals surface area (Å²) in [6.07, 6.45) is 5.86. The van der Waals surface area contributed by atoms with Crippen LogP contribution in [0.25, 0.3) is 0 Å². The van der Waals surface area contributed by atoms with Crippen LogP contribution in [0.2, 0.25) is 0 Å². The number of fused-ring (bicyclic) bond motifs is 5. The predicted octanol–water partition coefficient (Wildman–Crippen LogP) is 4.53. The molecular formula is C19H29FO2. The van der Waals surface area contributed by atoms with E-state index in [9.17, 15) is 14.6 Å². The van der Waals surface area contributed by atoms with Gasteiger partial charge in [0.25, 0.3) is 0 Å². The van der Waals surface area contributed by atoms with Crippen molar-refractivity contribution in [2.75, 3.05) is 0 Å². The van der Waals surface area contributed by atoms with Crippen LogP contribution in [-0.4, -0.2) is 22.5 Å². The van der Waals surface area contributed by atoms with Gasteiger partial charge in [-0.25, -0.2) is 4.39 Å². The van der Waals surface area contributed by atoms with E-state index in [1.165, 1.54) is 12.0 Å². The maximum Gasteiger partial charge on any atom is 0.127 e. The van der Waals surface area contributed by atoms with Gasteiger partial charge in [0, 0.05) is 6.42 Å². The largest absolute Gasteiger partial charge is 0.512 e. The number of hydrogen-bond acceptors (Lipinski definition) is 2. The van der Waals surface area contributed by atoms with Crippen LogP contribution in [0.15, 0.2) is 11.3 Å². The number of rotatable bonds is 0. The number of hydrogen-bond donors (Lipinski definition) is 2. The molecule has 0 aromatic heterocycles. The van der Waals surface area contributed by atoms with Crippen LogP contribution in [0.1, 0.15) is 65.2 Å². The first-order valence-electron chi connectivity index (χ1n) is 9.11. The van der Waals surface area contributed by atoms with E-state index in [0.29, 0.717) is 29.9 Å². The third-order valence-electron chi connectivity index (χ3n) is 8.07. The van der Waals surface area contributed by atoms with Gasteiger partial charge >= 0.3 is 0 Å². The van der Waals surface area contributed by atoms with Gasteiger partial charge in [0.05, 0.1) is 11.9 Å². The minimum absolute atomic E-state index is 0.117. The molecule has 3 saturated carbocycles. The van der Waals surface area contributed by atoms with Gasteiger partial charge in [0.2, 0.25) is 0 Å². The van der Waals surface area contributed by atoms with Crippen LogP contribution in [0, 0.1) is 28.6 Å². The molecule has 0 amide bonds. The molecule has 0 aromatic rings. The monoisotopic (exact) mass is 308 g/mol. The third kappa shape index (κ3) is 1.75. The van der Waals surface area contributed by atoms with Gasteiger partial charge in [0.15, 0.2) is 0 Å². The van der Waals surface area contributed by atoms with E-state index < -0.39 is 12.3 Å². The molecule has 2 nitrogen and oxygen atoms in total. The summed E-state index contributed by atoms with van der Waals surface area (Å²) in [5, 5.41) is 20.7. The zero-order chi connectivity index (χ0) is 15.7. The van der Waals surface area contributed by atoms with Crippen molar-refractivity contribution in [1.29, 1.82) is 0 Å². The zero-order valence-corrected chi connectivity index (χ0v) is 13.8. The number of aliphatic hydroxyl groups excluding tert-OH is 2. The first kappa shape index (κ1) is 15.0. The van der Waals surface area contributed by atoms with Gasteiger partial charge in [-0.3, -0.25) is 0 Å². The lowest BCUT2D eigenvalue weighted by Crippen LogP contribution is -2.51. The Morgan fingerprint density at radius 1 is 1.09 bits per heavy atom. The van der Waals surface area contributed by atoms with Crippen molar-refractivity contribution in [3.8, 4) is 0 Å². The molecule has 2 N–H and O–H groups in total. The number of halogens is 1. The van der Waals surface area contributed by atoms with Crippen LogP contribution >= 0.6 is 0 Å². The average Bonchev–Trinajstić information content (AvgIpc) is 2.71. The van der Waals surface area contributed by atoms with Gasteiger partial charge in [-0.1, -0.05) is 13.8 Å². The smallest absolute Gasteiger partial charge is 0.127 e. The second-order valence-electron chi connectivity index (χ2n) is 8.85. The van der Waals surface area contributed by atoms with E-state index in [1.807, 2.05) is 0 Å². The van der Waals surface area contributed by atoms with E-state index in [2.05, 4.69) is 13.8 Å². The molecule has 0 radical (unpaired) electrons. The fraction of sp³-hybridized carbons (Fsp3) is 0.895. The molecule has 22 heavy (non-hydrogen) atoms. The lowest BCUT2D eigenvalue weighted by Gasteiger charge is -2.57. The molecule has 4 rings (SSSR count). The summed E-state index contributed by atoms with van der Waals surface area (Å²) in [5.74, 6) is 2.05. The van der Waals surface area contributed by atoms with Crippen LogP contribution in [-0.2, 0) is 0 Å². The molecule has 0 saturated heterocycles. The Kier molecular flexibility index (Phi) is 3.21. The fourth-order valence-corrected chi connectivity index (χ4v) is 6.83. The van der Waals surface area contributed by atoms with Crippen molar-refractivity contribution < 1.29 is 14.6 Å². The fourth-order valence-electron chi connectivity index (χ4n) is 6.83.